The van der Waals surface area contributed by atoms with Crippen molar-refractivity contribution in [2.75, 3.05) is 0 Å². The van der Waals surface area contributed by atoms with Crippen LogP contribution in [0.1, 0.15) is 27.2 Å². The molecule has 0 aliphatic rings. The zero-order chi connectivity index (χ0) is 6.41. The van der Waals surface area contributed by atoms with Gasteiger partial charge in [-0.1, -0.05) is 30.7 Å². The van der Waals surface area contributed by atoms with Gasteiger partial charge in [0.05, 0.1) is 0 Å². The molecule has 0 nitrogen and oxygen atoms in total. The van der Waals surface area contributed by atoms with Crippen LogP contribution in [0.2, 0.25) is 0 Å². The van der Waals surface area contributed by atoms with Crippen LogP contribution in [0.15, 0.2) is 23.8 Å². The highest BCUT2D eigenvalue weighted by atomic mass is 13.9. The molecule has 0 bridgehead atoms. The molecule has 0 aromatic rings. The van der Waals surface area contributed by atoms with Crippen molar-refractivity contribution in [1.82, 2.24) is 0 Å². The minimum absolute atomic E-state index is 1.14. The zero-order valence-corrected chi connectivity index (χ0v) is 5.94. The summed E-state index contributed by atoms with van der Waals surface area (Å²) in [5.41, 5.74) is 1.41. The first-order valence-corrected chi connectivity index (χ1v) is 3.13. The minimum Gasteiger partial charge on any atom is -0.0874 e. The van der Waals surface area contributed by atoms with Crippen LogP contribution in [0.3, 0.4) is 0 Å². The number of hydrogen-bond donors (Lipinski definition) is 0. The average Bonchev–Trinajstić information content (AvgIpc) is 1.83. The van der Waals surface area contributed by atoms with Crippen LogP contribution >= 0.6 is 0 Å². The number of allylic oxidation sites excluding steroid dienone is 4. The SMILES string of the molecule is C/C=C\C(=C/C)CC. The molecule has 0 fully saturated rings. The lowest BCUT2D eigenvalue weighted by atomic mass is 10.2. The summed E-state index contributed by atoms with van der Waals surface area (Å²) in [6.07, 6.45) is 7.49. The van der Waals surface area contributed by atoms with Crippen LogP contribution in [-0.4, -0.2) is 0 Å². The third kappa shape index (κ3) is 2.62. The summed E-state index contributed by atoms with van der Waals surface area (Å²) in [5, 5.41) is 0. The third-order valence-electron chi connectivity index (χ3n) is 1.16. The Labute approximate surface area is 51.9 Å². The minimum atomic E-state index is 1.14. The van der Waals surface area contributed by atoms with Crippen LogP contribution in [0, 0.1) is 0 Å². The summed E-state index contributed by atoms with van der Waals surface area (Å²) in [6, 6.07) is 0. The lowest BCUT2D eigenvalue weighted by Gasteiger charge is -1.90. The Kier molecular flexibility index (Phi) is 4.33. The van der Waals surface area contributed by atoms with Crippen molar-refractivity contribution >= 4 is 0 Å². The van der Waals surface area contributed by atoms with E-state index in [2.05, 4.69) is 32.1 Å². The van der Waals surface area contributed by atoms with E-state index in [1.54, 1.807) is 0 Å². The first-order valence-electron chi connectivity index (χ1n) is 3.13. The van der Waals surface area contributed by atoms with Gasteiger partial charge in [-0.3, -0.25) is 0 Å². The number of hydrogen-bond acceptors (Lipinski definition) is 0. The molecule has 0 saturated carbocycles. The van der Waals surface area contributed by atoms with Gasteiger partial charge in [-0.05, 0) is 20.3 Å². The smallest absolute Gasteiger partial charge is 0.0311 e. The van der Waals surface area contributed by atoms with Crippen molar-refractivity contribution in [3.8, 4) is 0 Å². The molecule has 0 rings (SSSR count). The molecule has 0 radical (unpaired) electrons. The summed E-state index contributed by atoms with van der Waals surface area (Å²) in [4.78, 5) is 0. The molecule has 0 heterocycles. The first-order chi connectivity index (χ1) is 3.85. The molecule has 0 heteroatoms. The van der Waals surface area contributed by atoms with Gasteiger partial charge in [-0.2, -0.15) is 0 Å². The standard InChI is InChI=1S/C8H14/c1-4-7-8(5-2)6-3/h4-5,7H,6H2,1-3H3/b7-4-,8-5-. The Morgan fingerprint density at radius 3 is 2.12 bits per heavy atom. The second-order valence-corrected chi connectivity index (χ2v) is 1.72. The van der Waals surface area contributed by atoms with E-state index in [4.69, 9.17) is 0 Å². The fourth-order valence-corrected chi connectivity index (χ4v) is 0.632. The van der Waals surface area contributed by atoms with Gasteiger partial charge in [0, 0.05) is 0 Å². The molecule has 0 aromatic carbocycles. The highest BCUT2D eigenvalue weighted by Gasteiger charge is 1.79. The van der Waals surface area contributed by atoms with Gasteiger partial charge in [0.2, 0.25) is 0 Å². The normalized spacial score (nSPS) is 13.1. The largest absolute Gasteiger partial charge is 0.0874 e. The van der Waals surface area contributed by atoms with Gasteiger partial charge >= 0.3 is 0 Å². The van der Waals surface area contributed by atoms with Crippen molar-refractivity contribution in [2.24, 2.45) is 0 Å². The molecule has 0 aliphatic carbocycles. The summed E-state index contributed by atoms with van der Waals surface area (Å²) < 4.78 is 0. The summed E-state index contributed by atoms with van der Waals surface area (Å²) in [7, 11) is 0. The van der Waals surface area contributed by atoms with E-state index in [0.29, 0.717) is 0 Å². The molecule has 0 unspecified atom stereocenters. The fourth-order valence-electron chi connectivity index (χ4n) is 0.632. The summed E-state index contributed by atoms with van der Waals surface area (Å²) in [5.74, 6) is 0. The molecule has 46 valence electrons. The quantitative estimate of drug-likeness (QED) is 0.479. The molecular weight excluding hydrogens is 96.1 g/mol. The van der Waals surface area contributed by atoms with Crippen LogP contribution in [0.25, 0.3) is 0 Å². The Morgan fingerprint density at radius 1 is 1.38 bits per heavy atom. The maximum atomic E-state index is 2.16. The Morgan fingerprint density at radius 2 is 2.00 bits per heavy atom. The van der Waals surface area contributed by atoms with Crippen molar-refractivity contribution in [3.05, 3.63) is 23.8 Å². The van der Waals surface area contributed by atoms with Gasteiger partial charge in [0.15, 0.2) is 0 Å². The van der Waals surface area contributed by atoms with E-state index < -0.39 is 0 Å². The lowest BCUT2D eigenvalue weighted by molar-refractivity contribution is 1.14. The molecule has 0 atom stereocenters. The molecule has 0 spiro atoms. The van der Waals surface area contributed by atoms with Crippen LogP contribution in [-0.2, 0) is 0 Å². The fraction of sp³-hybridized carbons (Fsp3) is 0.500. The van der Waals surface area contributed by atoms with E-state index >= 15 is 0 Å². The van der Waals surface area contributed by atoms with Crippen LogP contribution in [0.4, 0.5) is 0 Å². The van der Waals surface area contributed by atoms with Crippen LogP contribution < -0.4 is 0 Å². The van der Waals surface area contributed by atoms with Gasteiger partial charge in [0.1, 0.15) is 0 Å². The molecule has 0 amide bonds. The third-order valence-corrected chi connectivity index (χ3v) is 1.16. The molecule has 0 saturated heterocycles. The highest BCUT2D eigenvalue weighted by molar-refractivity contribution is 5.16. The van der Waals surface area contributed by atoms with Crippen LogP contribution in [0.5, 0.6) is 0 Å². The monoisotopic (exact) mass is 110 g/mol. The summed E-state index contributed by atoms with van der Waals surface area (Å²) in [6.45, 7) is 6.27. The summed E-state index contributed by atoms with van der Waals surface area (Å²) >= 11 is 0. The maximum Gasteiger partial charge on any atom is -0.0311 e. The van der Waals surface area contributed by atoms with Gasteiger partial charge in [-0.15, -0.1) is 0 Å². The second-order valence-electron chi connectivity index (χ2n) is 1.72. The second kappa shape index (κ2) is 4.63. The topological polar surface area (TPSA) is 0 Å². The van der Waals surface area contributed by atoms with Crippen molar-refractivity contribution < 1.29 is 0 Å². The van der Waals surface area contributed by atoms with E-state index in [0.717, 1.165) is 6.42 Å². The predicted octanol–water partition coefficient (Wildman–Crippen LogP) is 2.92. The van der Waals surface area contributed by atoms with Crippen molar-refractivity contribution in [2.45, 2.75) is 27.2 Å². The van der Waals surface area contributed by atoms with Crippen molar-refractivity contribution in [3.63, 3.8) is 0 Å². The maximum absolute atomic E-state index is 2.16. The molecule has 0 N–H and O–H groups in total. The molecule has 8 heavy (non-hydrogen) atoms. The first kappa shape index (κ1) is 7.48. The zero-order valence-electron chi connectivity index (χ0n) is 5.94. The Bertz CT molecular complexity index is 93.9. The lowest BCUT2D eigenvalue weighted by Crippen LogP contribution is -1.69. The van der Waals surface area contributed by atoms with Gasteiger partial charge in [-0.25, -0.2) is 0 Å². The Hall–Kier alpha value is -0.520. The molecular formula is C8H14. The average molecular weight is 110 g/mol. The van der Waals surface area contributed by atoms with E-state index in [1.165, 1.54) is 5.57 Å². The van der Waals surface area contributed by atoms with E-state index in [1.807, 2.05) is 6.92 Å². The number of rotatable bonds is 2. The van der Waals surface area contributed by atoms with Gasteiger partial charge in [0.25, 0.3) is 0 Å². The predicted molar refractivity (Wildman–Crippen MR) is 38.9 cm³/mol. The van der Waals surface area contributed by atoms with Gasteiger partial charge < -0.3 is 0 Å². The highest BCUT2D eigenvalue weighted by Crippen LogP contribution is 2.00. The van der Waals surface area contributed by atoms with Crippen molar-refractivity contribution in [1.29, 1.82) is 0 Å². The molecule has 0 aromatic heterocycles. The van der Waals surface area contributed by atoms with E-state index in [9.17, 15) is 0 Å². The molecule has 0 aliphatic heterocycles. The Balaban J connectivity index is 3.72. The van der Waals surface area contributed by atoms with E-state index in [-0.39, 0.29) is 0 Å².